The number of carbonyl (C=O) groups is 1. The largest absolute Gasteiger partial charge is 0.444 e. The van der Waals surface area contributed by atoms with E-state index in [1.54, 1.807) is 16.3 Å². The van der Waals surface area contributed by atoms with Gasteiger partial charge in [-0.05, 0) is 32.9 Å². The number of hydrogen-bond acceptors (Lipinski definition) is 7. The summed E-state index contributed by atoms with van der Waals surface area (Å²) in [5.74, 6) is 1.17. The number of anilines is 1. The first-order chi connectivity index (χ1) is 20.6. The van der Waals surface area contributed by atoms with Gasteiger partial charge in [-0.3, -0.25) is 14.0 Å². The minimum absolute atomic E-state index is 0.0709. The van der Waals surface area contributed by atoms with Crippen molar-refractivity contribution in [2.24, 2.45) is 25.9 Å². The molecule has 3 aromatic heterocycles. The molecular formula is C31H42ClN7O4Si. The van der Waals surface area contributed by atoms with E-state index in [-0.39, 0.29) is 30.2 Å². The van der Waals surface area contributed by atoms with Crippen LogP contribution in [0.4, 0.5) is 10.7 Å². The third-order valence-electron chi connectivity index (χ3n) is 8.49. The molecule has 1 aliphatic carbocycles. The predicted molar refractivity (Wildman–Crippen MR) is 176 cm³/mol. The van der Waals surface area contributed by atoms with Crippen molar-refractivity contribution in [2.45, 2.75) is 64.8 Å². The van der Waals surface area contributed by atoms with Gasteiger partial charge in [-0.2, -0.15) is 10.1 Å². The Balaban J connectivity index is 1.33. The summed E-state index contributed by atoms with van der Waals surface area (Å²) in [7, 11) is 2.35. The molecule has 2 unspecified atom stereocenters. The topological polar surface area (TPSA) is 108 Å². The molecule has 13 heteroatoms. The second-order valence-corrected chi connectivity index (χ2v) is 20.4. The van der Waals surface area contributed by atoms with Gasteiger partial charge in [-0.1, -0.05) is 37.3 Å². The molecule has 2 aliphatic rings. The average molecular weight is 640 g/mol. The molecule has 0 bridgehead atoms. The smallest absolute Gasteiger partial charge is 0.407 e. The SMILES string of the molecule is Cn1cc2c(Cl)c(-c3cn(COCC[Si](C)(C)C)c4nc(N5CC6C(C5)C6NC(=O)OC(C)(C)C)n(C)c(=O)c34)ccc2n1. The van der Waals surface area contributed by atoms with E-state index in [1.807, 2.05) is 56.9 Å². The molecule has 1 saturated heterocycles. The fourth-order valence-corrected chi connectivity index (χ4v) is 7.23. The van der Waals surface area contributed by atoms with Crippen molar-refractivity contribution < 1.29 is 14.3 Å². The Morgan fingerprint density at radius 1 is 1.11 bits per heavy atom. The number of aryl methyl sites for hydroxylation is 1. The Hall–Kier alpha value is -3.35. The maximum absolute atomic E-state index is 14.1. The first-order valence-corrected chi connectivity index (χ1v) is 19.2. The number of fused-ring (bicyclic) bond motifs is 3. The molecule has 4 aromatic rings. The lowest BCUT2D eigenvalue weighted by molar-refractivity contribution is 0.0518. The van der Waals surface area contributed by atoms with E-state index in [4.69, 9.17) is 26.1 Å². The minimum Gasteiger partial charge on any atom is -0.444 e. The van der Waals surface area contributed by atoms with Crippen LogP contribution in [0.25, 0.3) is 33.1 Å². The number of halogens is 1. The van der Waals surface area contributed by atoms with Crippen molar-refractivity contribution in [3.05, 3.63) is 39.9 Å². The zero-order chi connectivity index (χ0) is 31.7. The highest BCUT2D eigenvalue weighted by Crippen LogP contribution is 2.47. The molecule has 1 amide bonds. The van der Waals surface area contributed by atoms with Crippen LogP contribution in [-0.4, -0.2) is 69.4 Å². The second kappa shape index (κ2) is 10.9. The monoisotopic (exact) mass is 639 g/mol. The third kappa shape index (κ3) is 5.86. The summed E-state index contributed by atoms with van der Waals surface area (Å²) in [5.41, 5.74) is 2.14. The van der Waals surface area contributed by atoms with E-state index < -0.39 is 19.8 Å². The number of amides is 1. The summed E-state index contributed by atoms with van der Waals surface area (Å²) < 4.78 is 16.9. The normalized spacial score (nSPS) is 20.0. The van der Waals surface area contributed by atoms with Gasteiger partial charge in [0.05, 0.1) is 15.9 Å². The highest BCUT2D eigenvalue weighted by molar-refractivity contribution is 6.76. The van der Waals surface area contributed by atoms with E-state index in [9.17, 15) is 9.59 Å². The molecule has 44 heavy (non-hydrogen) atoms. The molecule has 1 aromatic carbocycles. The molecule has 236 valence electrons. The van der Waals surface area contributed by atoms with Crippen LogP contribution in [0.2, 0.25) is 30.7 Å². The average Bonchev–Trinajstić information content (AvgIpc) is 3.29. The second-order valence-electron chi connectivity index (χ2n) is 14.4. The van der Waals surface area contributed by atoms with E-state index in [2.05, 4.69) is 35.0 Å². The fraction of sp³-hybridized carbons (Fsp3) is 0.548. The van der Waals surface area contributed by atoms with E-state index in [0.29, 0.717) is 41.7 Å². The Morgan fingerprint density at radius 2 is 1.82 bits per heavy atom. The van der Waals surface area contributed by atoms with Crippen LogP contribution in [0.3, 0.4) is 0 Å². The van der Waals surface area contributed by atoms with Crippen molar-refractivity contribution in [1.29, 1.82) is 0 Å². The fourth-order valence-electron chi connectivity index (χ4n) is 6.17. The number of rotatable bonds is 8. The molecule has 11 nitrogen and oxygen atoms in total. The first-order valence-electron chi connectivity index (χ1n) is 15.2. The van der Waals surface area contributed by atoms with Crippen molar-refractivity contribution >= 4 is 53.7 Å². The number of alkyl carbamates (subject to hydrolysis) is 1. The van der Waals surface area contributed by atoms with Gasteiger partial charge in [0.1, 0.15) is 12.3 Å². The van der Waals surface area contributed by atoms with Crippen molar-refractivity contribution in [2.75, 3.05) is 24.6 Å². The summed E-state index contributed by atoms with van der Waals surface area (Å²) in [6.45, 7) is 14.8. The lowest BCUT2D eigenvalue weighted by Crippen LogP contribution is -2.39. The van der Waals surface area contributed by atoms with Gasteiger partial charge in [0.2, 0.25) is 5.95 Å². The van der Waals surface area contributed by atoms with Crippen molar-refractivity contribution in [3.8, 4) is 11.1 Å². The number of nitrogens with one attached hydrogen (secondary N) is 1. The minimum atomic E-state index is -1.27. The van der Waals surface area contributed by atoms with Gasteiger partial charge in [-0.25, -0.2) is 4.79 Å². The lowest BCUT2D eigenvalue weighted by atomic mass is 10.0. The molecule has 0 spiro atoms. The molecule has 6 rings (SSSR count). The Labute approximate surface area is 263 Å². The number of benzene rings is 1. The van der Waals surface area contributed by atoms with Crippen LogP contribution in [0.5, 0.6) is 0 Å². The van der Waals surface area contributed by atoms with Gasteiger partial charge in [-0.15, -0.1) is 0 Å². The van der Waals surface area contributed by atoms with Crippen LogP contribution in [0.1, 0.15) is 20.8 Å². The van der Waals surface area contributed by atoms with Crippen molar-refractivity contribution in [1.82, 2.24) is 29.2 Å². The molecule has 1 N–H and O–H groups in total. The van der Waals surface area contributed by atoms with Gasteiger partial charge in [0.15, 0.2) is 5.65 Å². The highest BCUT2D eigenvalue weighted by Gasteiger charge is 2.57. The molecule has 1 aliphatic heterocycles. The zero-order valence-corrected chi connectivity index (χ0v) is 28.5. The van der Waals surface area contributed by atoms with E-state index in [0.717, 1.165) is 28.1 Å². The van der Waals surface area contributed by atoms with Gasteiger partial charge in [0.25, 0.3) is 5.56 Å². The molecule has 1 saturated carbocycles. The van der Waals surface area contributed by atoms with Crippen molar-refractivity contribution in [3.63, 3.8) is 0 Å². The summed E-state index contributed by atoms with van der Waals surface area (Å²) in [6, 6.07) is 4.95. The number of hydrogen-bond donors (Lipinski definition) is 1. The number of piperidine rings is 1. The van der Waals surface area contributed by atoms with Gasteiger partial charge < -0.3 is 24.3 Å². The molecular weight excluding hydrogens is 598 g/mol. The Kier molecular flexibility index (Phi) is 7.61. The van der Waals surface area contributed by atoms with Crippen LogP contribution < -0.4 is 15.8 Å². The number of ether oxygens (including phenoxy) is 2. The molecule has 0 radical (unpaired) electrons. The van der Waals surface area contributed by atoms with E-state index in [1.165, 1.54) is 0 Å². The van der Waals surface area contributed by atoms with Gasteiger partial charge in [0, 0.05) is 88.7 Å². The van der Waals surface area contributed by atoms with Gasteiger partial charge >= 0.3 is 6.09 Å². The molecule has 2 atom stereocenters. The standard InChI is InChI=1S/C31H42ClN7O4Si/c1-31(2,3)43-30(41)33-26-20-15-38(16-21(20)26)29-34-27-24(28(40)37(29)5)19(14-39(27)17-42-11-12-44(6,7)8)18-9-10-23-22(25(18)32)13-36(4)35-23/h9-10,13-14,20-21,26H,11-12,15-17H2,1-8H3,(H,33,41). The number of carbonyl (C=O) groups excluding carboxylic acids is 1. The highest BCUT2D eigenvalue weighted by atomic mass is 35.5. The van der Waals surface area contributed by atoms with Crippen LogP contribution in [0, 0.1) is 11.8 Å². The van der Waals surface area contributed by atoms with Crippen LogP contribution in [0.15, 0.2) is 29.3 Å². The summed E-state index contributed by atoms with van der Waals surface area (Å²) in [5, 5.41) is 9.37. The Morgan fingerprint density at radius 3 is 2.48 bits per heavy atom. The third-order valence-corrected chi connectivity index (χ3v) is 10.6. The summed E-state index contributed by atoms with van der Waals surface area (Å²) >= 11 is 6.94. The summed E-state index contributed by atoms with van der Waals surface area (Å²) in [6.07, 6.45) is 3.43. The maximum atomic E-state index is 14.1. The predicted octanol–water partition coefficient (Wildman–Crippen LogP) is 5.21. The number of aromatic nitrogens is 5. The quantitative estimate of drug-likeness (QED) is 0.208. The Bertz CT molecular complexity index is 1800. The zero-order valence-electron chi connectivity index (χ0n) is 26.8. The summed E-state index contributed by atoms with van der Waals surface area (Å²) in [4.78, 5) is 33.7. The molecule has 4 heterocycles. The van der Waals surface area contributed by atoms with E-state index >= 15 is 0 Å². The maximum Gasteiger partial charge on any atom is 0.407 e. The van der Waals surface area contributed by atoms with Crippen LogP contribution in [-0.2, 0) is 30.3 Å². The number of nitrogens with zero attached hydrogens (tertiary/aromatic N) is 6. The molecule has 2 fully saturated rings. The van der Waals surface area contributed by atoms with Crippen LogP contribution >= 0.6 is 11.6 Å². The first kappa shape index (κ1) is 30.7. The lowest BCUT2D eigenvalue weighted by Gasteiger charge is -2.24.